The molecule has 0 fully saturated rings. The molecule has 0 spiro atoms. The van der Waals surface area contributed by atoms with Crippen LogP contribution in [0.2, 0.25) is 0 Å². The van der Waals surface area contributed by atoms with Crippen LogP contribution in [0.4, 0.5) is 0 Å². The average molecular weight is 203 g/mol. The highest BCUT2D eigenvalue weighted by atomic mass is 16.2. The topological polar surface area (TPSA) is 67.8 Å². The molecule has 0 bridgehead atoms. The van der Waals surface area contributed by atoms with Gasteiger partial charge in [0, 0.05) is 25.5 Å². The van der Waals surface area contributed by atoms with Crippen LogP contribution in [-0.4, -0.2) is 20.7 Å². The van der Waals surface area contributed by atoms with Crippen LogP contribution in [0.3, 0.4) is 0 Å². The standard InChI is InChI=1S/C10H9N3O2/c1-7(14)13-6-9(10(15)12-13)8-2-4-11-5-3-8/h2-6H,1H3,(H,12,15). The Bertz CT molecular complexity index is 539. The molecule has 1 N–H and O–H groups in total. The zero-order valence-corrected chi connectivity index (χ0v) is 8.10. The molecule has 0 aliphatic rings. The number of hydrogen-bond donors (Lipinski definition) is 1. The molecule has 0 atom stereocenters. The number of nitrogens with zero attached hydrogens (tertiary/aromatic N) is 2. The summed E-state index contributed by atoms with van der Waals surface area (Å²) in [5, 5.41) is 2.43. The monoisotopic (exact) mass is 203 g/mol. The number of H-pyrrole nitrogens is 1. The van der Waals surface area contributed by atoms with Crippen molar-refractivity contribution in [2.45, 2.75) is 6.92 Å². The first-order chi connectivity index (χ1) is 7.18. The van der Waals surface area contributed by atoms with E-state index in [0.717, 1.165) is 10.2 Å². The molecule has 2 rings (SSSR count). The van der Waals surface area contributed by atoms with Crippen molar-refractivity contribution in [3.63, 3.8) is 0 Å². The van der Waals surface area contributed by atoms with E-state index in [2.05, 4.69) is 10.1 Å². The lowest BCUT2D eigenvalue weighted by molar-refractivity contribution is 0.0920. The quantitative estimate of drug-likeness (QED) is 0.748. The number of rotatable bonds is 1. The number of nitrogens with one attached hydrogen (secondary N) is 1. The van der Waals surface area contributed by atoms with Crippen LogP contribution in [0, 0.1) is 0 Å². The summed E-state index contributed by atoms with van der Waals surface area (Å²) >= 11 is 0. The van der Waals surface area contributed by atoms with Gasteiger partial charge in [-0.15, -0.1) is 0 Å². The molecule has 0 saturated heterocycles. The van der Waals surface area contributed by atoms with E-state index in [4.69, 9.17) is 0 Å². The third-order valence-corrected chi connectivity index (χ3v) is 2.06. The molecule has 2 aromatic rings. The summed E-state index contributed by atoms with van der Waals surface area (Å²) in [6, 6.07) is 3.43. The summed E-state index contributed by atoms with van der Waals surface area (Å²) < 4.78 is 1.16. The Morgan fingerprint density at radius 1 is 1.40 bits per heavy atom. The van der Waals surface area contributed by atoms with Gasteiger partial charge in [0.05, 0.1) is 5.56 Å². The fourth-order valence-electron chi connectivity index (χ4n) is 1.30. The first-order valence-corrected chi connectivity index (χ1v) is 4.41. The van der Waals surface area contributed by atoms with Gasteiger partial charge in [0.1, 0.15) is 0 Å². The van der Waals surface area contributed by atoms with Gasteiger partial charge in [-0.05, 0) is 17.7 Å². The Labute approximate surface area is 85.4 Å². The number of carbonyl (C=O) groups is 1. The highest BCUT2D eigenvalue weighted by Crippen LogP contribution is 2.12. The smallest absolute Gasteiger partial charge is 0.272 e. The van der Waals surface area contributed by atoms with Crippen molar-refractivity contribution in [3.8, 4) is 11.1 Å². The maximum Gasteiger partial charge on any atom is 0.272 e. The van der Waals surface area contributed by atoms with Crippen molar-refractivity contribution in [2.75, 3.05) is 0 Å². The van der Waals surface area contributed by atoms with Gasteiger partial charge in [-0.25, -0.2) is 4.68 Å². The number of aromatic amines is 1. The predicted molar refractivity (Wildman–Crippen MR) is 54.6 cm³/mol. The minimum atomic E-state index is -0.281. The van der Waals surface area contributed by atoms with E-state index in [1.54, 1.807) is 24.5 Å². The molecule has 5 heteroatoms. The van der Waals surface area contributed by atoms with Gasteiger partial charge in [0.25, 0.3) is 5.56 Å². The van der Waals surface area contributed by atoms with E-state index in [-0.39, 0.29) is 11.5 Å². The largest absolute Gasteiger partial charge is 0.273 e. The molecule has 0 aliphatic carbocycles. The Morgan fingerprint density at radius 3 is 2.60 bits per heavy atom. The van der Waals surface area contributed by atoms with Gasteiger partial charge in [0.2, 0.25) is 5.91 Å². The summed E-state index contributed by atoms with van der Waals surface area (Å²) in [5.41, 5.74) is 0.926. The van der Waals surface area contributed by atoms with Gasteiger partial charge in [-0.1, -0.05) is 0 Å². The average Bonchev–Trinajstić information content (AvgIpc) is 2.62. The van der Waals surface area contributed by atoms with Crippen LogP contribution in [-0.2, 0) is 0 Å². The van der Waals surface area contributed by atoms with Crippen LogP contribution in [0.15, 0.2) is 35.5 Å². The zero-order chi connectivity index (χ0) is 10.8. The normalized spacial score (nSPS) is 10.2. The molecule has 0 radical (unpaired) electrons. The van der Waals surface area contributed by atoms with Gasteiger partial charge in [-0.3, -0.25) is 19.7 Å². The Kier molecular flexibility index (Phi) is 2.21. The van der Waals surface area contributed by atoms with Gasteiger partial charge >= 0.3 is 0 Å². The zero-order valence-electron chi connectivity index (χ0n) is 8.10. The first-order valence-electron chi connectivity index (χ1n) is 4.41. The summed E-state index contributed by atoms with van der Waals surface area (Å²) in [7, 11) is 0. The highest BCUT2D eigenvalue weighted by molar-refractivity contribution is 5.76. The molecule has 0 aliphatic heterocycles. The summed E-state index contributed by atoms with van der Waals surface area (Å²) in [6.07, 6.45) is 4.68. The third kappa shape index (κ3) is 1.71. The van der Waals surface area contributed by atoms with Crippen LogP contribution in [0.25, 0.3) is 11.1 Å². The lowest BCUT2D eigenvalue weighted by atomic mass is 10.1. The van der Waals surface area contributed by atoms with Gasteiger partial charge < -0.3 is 0 Å². The minimum Gasteiger partial charge on any atom is -0.273 e. The van der Waals surface area contributed by atoms with E-state index in [0.29, 0.717) is 5.56 Å². The van der Waals surface area contributed by atoms with E-state index < -0.39 is 0 Å². The second-order valence-corrected chi connectivity index (χ2v) is 3.11. The van der Waals surface area contributed by atoms with Gasteiger partial charge in [-0.2, -0.15) is 0 Å². The fraction of sp³-hybridized carbons (Fsp3) is 0.100. The molecule has 0 amide bonds. The number of hydrogen-bond acceptors (Lipinski definition) is 3. The van der Waals surface area contributed by atoms with Crippen molar-refractivity contribution in [2.24, 2.45) is 0 Å². The van der Waals surface area contributed by atoms with E-state index in [9.17, 15) is 9.59 Å². The molecule has 2 aromatic heterocycles. The highest BCUT2D eigenvalue weighted by Gasteiger charge is 2.07. The summed E-state index contributed by atoms with van der Waals surface area (Å²) in [4.78, 5) is 26.4. The Balaban J connectivity index is 2.55. The Hall–Kier alpha value is -2.17. The second kappa shape index (κ2) is 3.53. The molecule has 5 nitrogen and oxygen atoms in total. The second-order valence-electron chi connectivity index (χ2n) is 3.11. The molecule has 0 unspecified atom stereocenters. The van der Waals surface area contributed by atoms with Crippen LogP contribution < -0.4 is 5.56 Å². The number of pyridine rings is 1. The fourth-order valence-corrected chi connectivity index (χ4v) is 1.30. The first kappa shape index (κ1) is 9.39. The predicted octanol–water partition coefficient (Wildman–Crippen LogP) is 0.898. The van der Waals surface area contributed by atoms with E-state index in [1.165, 1.54) is 13.1 Å². The van der Waals surface area contributed by atoms with Crippen LogP contribution in [0.5, 0.6) is 0 Å². The molecule has 2 heterocycles. The third-order valence-electron chi connectivity index (χ3n) is 2.06. The van der Waals surface area contributed by atoms with Crippen molar-refractivity contribution in [1.29, 1.82) is 0 Å². The molecular weight excluding hydrogens is 194 g/mol. The molecule has 0 saturated carbocycles. The minimum absolute atomic E-state index is 0.229. The number of carbonyl (C=O) groups excluding carboxylic acids is 1. The summed E-state index contributed by atoms with van der Waals surface area (Å²) in [6.45, 7) is 1.38. The lowest BCUT2D eigenvalue weighted by Gasteiger charge is -1.93. The van der Waals surface area contributed by atoms with Crippen molar-refractivity contribution in [1.82, 2.24) is 14.8 Å². The van der Waals surface area contributed by atoms with Crippen molar-refractivity contribution >= 4 is 5.91 Å². The van der Waals surface area contributed by atoms with Gasteiger partial charge in [0.15, 0.2) is 0 Å². The maximum atomic E-state index is 11.5. The van der Waals surface area contributed by atoms with Crippen molar-refractivity contribution in [3.05, 3.63) is 41.1 Å². The molecular formula is C10H9N3O2. The maximum absolute atomic E-state index is 11.5. The SMILES string of the molecule is CC(=O)n1cc(-c2ccncc2)c(=O)[nH]1. The molecule has 15 heavy (non-hydrogen) atoms. The van der Waals surface area contributed by atoms with Crippen LogP contribution in [0.1, 0.15) is 11.7 Å². The number of aromatic nitrogens is 3. The molecule has 76 valence electrons. The van der Waals surface area contributed by atoms with E-state index in [1.807, 2.05) is 0 Å². The Morgan fingerprint density at radius 2 is 2.07 bits per heavy atom. The van der Waals surface area contributed by atoms with Crippen LogP contribution >= 0.6 is 0 Å². The van der Waals surface area contributed by atoms with Crippen molar-refractivity contribution < 1.29 is 4.79 Å². The lowest BCUT2D eigenvalue weighted by Crippen LogP contribution is -2.10. The summed E-state index contributed by atoms with van der Waals surface area (Å²) in [5.74, 6) is -0.229. The van der Waals surface area contributed by atoms with E-state index >= 15 is 0 Å². The molecule has 0 aromatic carbocycles.